The third-order valence-electron chi connectivity index (χ3n) is 2.61. The van der Waals surface area contributed by atoms with Crippen LogP contribution in [-0.2, 0) is 0 Å². The van der Waals surface area contributed by atoms with Crippen molar-refractivity contribution in [3.05, 3.63) is 58.5 Å². The minimum Gasteiger partial charge on any atom is -0.383 e. The maximum Gasteiger partial charge on any atom is 0.128 e. The van der Waals surface area contributed by atoms with Crippen molar-refractivity contribution >= 4 is 17.4 Å². The quantitative estimate of drug-likeness (QED) is 0.587. The van der Waals surface area contributed by atoms with Gasteiger partial charge in [-0.2, -0.15) is 0 Å². The minimum atomic E-state index is -0.600. The topological polar surface area (TPSA) is 77.0 Å². The van der Waals surface area contributed by atoms with E-state index in [2.05, 4.69) is 10.4 Å². The largest absolute Gasteiger partial charge is 0.383 e. The summed E-state index contributed by atoms with van der Waals surface area (Å²) in [5.41, 5.74) is 9.21. The Labute approximate surface area is 109 Å². The van der Waals surface area contributed by atoms with Crippen molar-refractivity contribution in [1.82, 2.24) is 10.4 Å². The molecule has 1 atom stereocenters. The van der Waals surface area contributed by atoms with Crippen LogP contribution in [0.4, 0.5) is 10.2 Å². The molecule has 2 rings (SSSR count). The maximum absolute atomic E-state index is 13.8. The number of hydrogen-bond acceptors (Lipinski definition) is 4. The summed E-state index contributed by atoms with van der Waals surface area (Å²) in [6, 6.07) is 7.31. The van der Waals surface area contributed by atoms with Gasteiger partial charge in [-0.15, -0.1) is 0 Å². The first-order valence-corrected chi connectivity index (χ1v) is 5.62. The summed E-state index contributed by atoms with van der Waals surface area (Å²) in [5, 5.41) is 0.413. The zero-order valence-corrected chi connectivity index (χ0v) is 10.2. The lowest BCUT2D eigenvalue weighted by atomic mass is 9.99. The number of hydrogen-bond donors (Lipinski definition) is 3. The molecule has 1 heterocycles. The van der Waals surface area contributed by atoms with E-state index in [0.717, 1.165) is 0 Å². The van der Waals surface area contributed by atoms with Gasteiger partial charge in [-0.3, -0.25) is 5.84 Å². The number of halogens is 2. The van der Waals surface area contributed by atoms with Crippen molar-refractivity contribution in [2.24, 2.45) is 5.84 Å². The van der Waals surface area contributed by atoms with E-state index in [1.165, 1.54) is 12.3 Å². The number of nitrogens with zero attached hydrogens (tertiary/aromatic N) is 1. The molecule has 0 aliphatic rings. The van der Waals surface area contributed by atoms with E-state index in [1.807, 2.05) is 0 Å². The highest BCUT2D eigenvalue weighted by molar-refractivity contribution is 6.30. The molecule has 18 heavy (non-hydrogen) atoms. The lowest BCUT2D eigenvalue weighted by Crippen LogP contribution is -2.30. The fraction of sp³-hybridized carbons (Fsp3) is 0.0833. The van der Waals surface area contributed by atoms with Crippen LogP contribution >= 0.6 is 11.6 Å². The molecule has 1 unspecified atom stereocenters. The fourth-order valence-electron chi connectivity index (χ4n) is 1.75. The van der Waals surface area contributed by atoms with Crippen molar-refractivity contribution in [2.75, 3.05) is 5.73 Å². The monoisotopic (exact) mass is 266 g/mol. The lowest BCUT2D eigenvalue weighted by molar-refractivity contribution is 0.560. The van der Waals surface area contributed by atoms with Crippen LogP contribution in [-0.4, -0.2) is 4.98 Å². The molecular formula is C12H12ClFN4. The molecule has 1 aromatic carbocycles. The molecule has 6 heteroatoms. The number of hydrazine groups is 1. The summed E-state index contributed by atoms with van der Waals surface area (Å²) in [6.45, 7) is 0. The van der Waals surface area contributed by atoms with Gasteiger partial charge in [-0.25, -0.2) is 14.8 Å². The number of nitrogens with two attached hydrogens (primary N) is 2. The van der Waals surface area contributed by atoms with Crippen molar-refractivity contribution in [3.63, 3.8) is 0 Å². The van der Waals surface area contributed by atoms with Gasteiger partial charge in [-0.05, 0) is 12.1 Å². The summed E-state index contributed by atoms with van der Waals surface area (Å²) in [6.07, 6.45) is 1.43. The smallest absolute Gasteiger partial charge is 0.128 e. The number of rotatable bonds is 3. The van der Waals surface area contributed by atoms with Crippen LogP contribution in [0.2, 0.25) is 5.02 Å². The van der Waals surface area contributed by atoms with Crippen LogP contribution in [0.3, 0.4) is 0 Å². The molecule has 0 aliphatic carbocycles. The predicted octanol–water partition coefficient (Wildman–Crippen LogP) is 2.01. The second-order valence-electron chi connectivity index (χ2n) is 3.75. The number of nitrogen functional groups attached to an aromatic ring is 1. The molecule has 1 aromatic heterocycles. The number of aromatic nitrogens is 1. The van der Waals surface area contributed by atoms with E-state index in [4.69, 9.17) is 23.2 Å². The van der Waals surface area contributed by atoms with Crippen LogP contribution in [0.1, 0.15) is 17.2 Å². The van der Waals surface area contributed by atoms with E-state index in [1.54, 1.807) is 24.3 Å². The minimum absolute atomic E-state index is 0.255. The summed E-state index contributed by atoms with van der Waals surface area (Å²) < 4.78 is 13.8. The number of anilines is 1. The Morgan fingerprint density at radius 2 is 2.00 bits per heavy atom. The molecule has 0 fully saturated rings. The SMILES string of the molecule is NNC(c1ccccc1F)c1cc(Cl)cnc1N. The first kappa shape index (κ1) is 12.8. The molecule has 4 nitrogen and oxygen atoms in total. The number of benzene rings is 1. The van der Waals surface area contributed by atoms with Gasteiger partial charge in [-0.1, -0.05) is 29.8 Å². The van der Waals surface area contributed by atoms with Crippen molar-refractivity contribution in [1.29, 1.82) is 0 Å². The van der Waals surface area contributed by atoms with Crippen molar-refractivity contribution in [3.8, 4) is 0 Å². The van der Waals surface area contributed by atoms with Gasteiger partial charge >= 0.3 is 0 Å². The Morgan fingerprint density at radius 1 is 1.28 bits per heavy atom. The molecule has 0 aliphatic heterocycles. The van der Waals surface area contributed by atoms with Gasteiger partial charge in [0.15, 0.2) is 0 Å². The highest BCUT2D eigenvalue weighted by atomic mass is 35.5. The van der Waals surface area contributed by atoms with Crippen LogP contribution in [0.5, 0.6) is 0 Å². The van der Waals surface area contributed by atoms with Gasteiger partial charge < -0.3 is 5.73 Å². The van der Waals surface area contributed by atoms with Crippen LogP contribution < -0.4 is 17.0 Å². The molecule has 94 valence electrons. The summed E-state index contributed by atoms with van der Waals surface area (Å²) in [4.78, 5) is 3.93. The second-order valence-corrected chi connectivity index (χ2v) is 4.19. The highest BCUT2D eigenvalue weighted by Crippen LogP contribution is 2.28. The van der Waals surface area contributed by atoms with E-state index in [-0.39, 0.29) is 11.6 Å². The zero-order chi connectivity index (χ0) is 13.1. The molecular weight excluding hydrogens is 255 g/mol. The molecule has 2 aromatic rings. The van der Waals surface area contributed by atoms with Crippen LogP contribution in [0, 0.1) is 5.82 Å². The summed E-state index contributed by atoms with van der Waals surface area (Å²) in [7, 11) is 0. The lowest BCUT2D eigenvalue weighted by Gasteiger charge is -2.18. The van der Waals surface area contributed by atoms with Crippen LogP contribution in [0.25, 0.3) is 0 Å². The Morgan fingerprint density at radius 3 is 2.67 bits per heavy atom. The molecule has 0 saturated carbocycles. The normalized spacial score (nSPS) is 12.4. The Kier molecular flexibility index (Phi) is 3.76. The molecule has 0 bridgehead atoms. The van der Waals surface area contributed by atoms with Crippen LogP contribution in [0.15, 0.2) is 36.5 Å². The highest BCUT2D eigenvalue weighted by Gasteiger charge is 2.19. The molecule has 0 spiro atoms. The van der Waals surface area contributed by atoms with Gasteiger partial charge in [0.2, 0.25) is 0 Å². The Bertz CT molecular complexity index is 562. The van der Waals surface area contributed by atoms with Crippen molar-refractivity contribution < 1.29 is 4.39 Å². The van der Waals surface area contributed by atoms with Crippen molar-refractivity contribution in [2.45, 2.75) is 6.04 Å². The van der Waals surface area contributed by atoms with Gasteiger partial charge in [0.05, 0.1) is 11.1 Å². The summed E-state index contributed by atoms with van der Waals surface area (Å²) in [5.74, 6) is 5.36. The second kappa shape index (κ2) is 5.30. The average molecular weight is 267 g/mol. The molecule has 5 N–H and O–H groups in total. The first-order chi connectivity index (χ1) is 8.63. The first-order valence-electron chi connectivity index (χ1n) is 5.25. The molecule has 0 radical (unpaired) electrons. The van der Waals surface area contributed by atoms with E-state index in [9.17, 15) is 4.39 Å². The number of nitrogens with one attached hydrogen (secondary N) is 1. The Balaban J connectivity index is 2.52. The Hall–Kier alpha value is -1.69. The molecule has 0 saturated heterocycles. The van der Waals surface area contributed by atoms with Gasteiger partial charge in [0.25, 0.3) is 0 Å². The number of pyridine rings is 1. The summed E-state index contributed by atoms with van der Waals surface area (Å²) >= 11 is 5.86. The third-order valence-corrected chi connectivity index (χ3v) is 2.82. The molecule has 0 amide bonds. The standard InChI is InChI=1S/C12H12ClFN4/c13-7-5-9(12(15)17-6-7)11(18-16)8-3-1-2-4-10(8)14/h1-6,11,18H,16H2,(H2,15,17). The average Bonchev–Trinajstić information content (AvgIpc) is 2.36. The third kappa shape index (κ3) is 2.43. The van der Waals surface area contributed by atoms with E-state index < -0.39 is 6.04 Å². The predicted molar refractivity (Wildman–Crippen MR) is 69.2 cm³/mol. The van der Waals surface area contributed by atoms with Gasteiger partial charge in [0.1, 0.15) is 11.6 Å². The zero-order valence-electron chi connectivity index (χ0n) is 9.40. The van der Waals surface area contributed by atoms with E-state index in [0.29, 0.717) is 16.1 Å². The maximum atomic E-state index is 13.8. The van der Waals surface area contributed by atoms with Gasteiger partial charge in [0, 0.05) is 17.3 Å². The van der Waals surface area contributed by atoms with E-state index >= 15 is 0 Å². The fourth-order valence-corrected chi connectivity index (χ4v) is 1.92.